The van der Waals surface area contributed by atoms with Crippen LogP contribution in [-0.4, -0.2) is 42.6 Å². The quantitative estimate of drug-likeness (QED) is 0.637. The second-order valence-electron chi connectivity index (χ2n) is 4.45. The van der Waals surface area contributed by atoms with Gasteiger partial charge in [-0.05, 0) is 31.2 Å². The lowest BCUT2D eigenvalue weighted by atomic mass is 10.2. The monoisotopic (exact) mass is 261 g/mol. The van der Waals surface area contributed by atoms with E-state index in [4.69, 9.17) is 10.5 Å². The highest BCUT2D eigenvalue weighted by Crippen LogP contribution is 2.19. The number of nitrogen functional groups attached to an aromatic ring is 1. The lowest BCUT2D eigenvalue weighted by molar-refractivity contribution is 0.0705. The molecule has 1 aromatic heterocycles. The van der Waals surface area contributed by atoms with Gasteiger partial charge in [-0.25, -0.2) is 0 Å². The minimum atomic E-state index is -0.0468. The average molecular weight is 261 g/mol. The SMILES string of the molecule is CCOCCN(C)C(=O)c1cc2cc(N)ccc2[nH]1. The minimum absolute atomic E-state index is 0.0468. The highest BCUT2D eigenvalue weighted by molar-refractivity contribution is 5.98. The Hall–Kier alpha value is -2.01. The van der Waals surface area contributed by atoms with Gasteiger partial charge in [0.25, 0.3) is 5.91 Å². The van der Waals surface area contributed by atoms with Crippen molar-refractivity contribution in [3.8, 4) is 0 Å². The predicted molar refractivity (Wildman–Crippen MR) is 76.2 cm³/mol. The minimum Gasteiger partial charge on any atom is -0.399 e. The zero-order valence-electron chi connectivity index (χ0n) is 11.3. The summed E-state index contributed by atoms with van der Waals surface area (Å²) in [5.41, 5.74) is 7.90. The number of aromatic nitrogens is 1. The van der Waals surface area contributed by atoms with Crippen LogP contribution in [0.15, 0.2) is 24.3 Å². The van der Waals surface area contributed by atoms with Crippen LogP contribution in [0.5, 0.6) is 0 Å². The van der Waals surface area contributed by atoms with Gasteiger partial charge in [-0.1, -0.05) is 0 Å². The maximum absolute atomic E-state index is 12.2. The number of rotatable bonds is 5. The molecule has 3 N–H and O–H groups in total. The van der Waals surface area contributed by atoms with Gasteiger partial charge in [0.1, 0.15) is 5.69 Å². The number of carbonyl (C=O) groups excluding carboxylic acids is 1. The first-order valence-electron chi connectivity index (χ1n) is 6.33. The first-order valence-corrected chi connectivity index (χ1v) is 6.33. The third-order valence-corrected chi connectivity index (χ3v) is 3.00. The zero-order chi connectivity index (χ0) is 13.8. The molecule has 1 aromatic carbocycles. The van der Waals surface area contributed by atoms with Crippen molar-refractivity contribution in [2.75, 3.05) is 32.5 Å². The van der Waals surface area contributed by atoms with E-state index in [-0.39, 0.29) is 5.91 Å². The van der Waals surface area contributed by atoms with E-state index in [0.29, 0.717) is 31.1 Å². The molecule has 102 valence electrons. The van der Waals surface area contributed by atoms with E-state index in [1.165, 1.54) is 0 Å². The number of nitrogens with one attached hydrogen (secondary N) is 1. The summed E-state index contributed by atoms with van der Waals surface area (Å²) in [5, 5.41) is 0.946. The topological polar surface area (TPSA) is 71.3 Å². The van der Waals surface area contributed by atoms with Crippen LogP contribution in [0.3, 0.4) is 0 Å². The molecule has 1 heterocycles. The van der Waals surface area contributed by atoms with E-state index < -0.39 is 0 Å². The van der Waals surface area contributed by atoms with Crippen LogP contribution >= 0.6 is 0 Å². The number of hydrogen-bond acceptors (Lipinski definition) is 3. The van der Waals surface area contributed by atoms with E-state index in [9.17, 15) is 4.79 Å². The summed E-state index contributed by atoms with van der Waals surface area (Å²) in [7, 11) is 1.77. The average Bonchev–Trinajstić information content (AvgIpc) is 2.80. The molecular formula is C14H19N3O2. The summed E-state index contributed by atoms with van der Waals surface area (Å²) >= 11 is 0. The fourth-order valence-corrected chi connectivity index (χ4v) is 1.92. The molecule has 2 rings (SSSR count). The van der Waals surface area contributed by atoms with Crippen molar-refractivity contribution in [2.45, 2.75) is 6.92 Å². The Morgan fingerprint density at radius 3 is 2.95 bits per heavy atom. The van der Waals surface area contributed by atoms with Crippen molar-refractivity contribution < 1.29 is 9.53 Å². The molecule has 5 nitrogen and oxygen atoms in total. The molecule has 5 heteroatoms. The van der Waals surface area contributed by atoms with Gasteiger partial charge < -0.3 is 20.4 Å². The molecule has 0 unspecified atom stereocenters. The number of nitrogens with zero attached hydrogens (tertiary/aromatic N) is 1. The Morgan fingerprint density at radius 2 is 2.21 bits per heavy atom. The molecule has 0 radical (unpaired) electrons. The zero-order valence-corrected chi connectivity index (χ0v) is 11.3. The summed E-state index contributed by atoms with van der Waals surface area (Å²) in [5.74, 6) is -0.0468. The maximum atomic E-state index is 12.2. The highest BCUT2D eigenvalue weighted by atomic mass is 16.5. The number of amides is 1. The molecule has 0 aliphatic carbocycles. The molecule has 0 aliphatic heterocycles. The Kier molecular flexibility index (Phi) is 4.06. The van der Waals surface area contributed by atoms with Crippen molar-refractivity contribution in [3.05, 3.63) is 30.0 Å². The highest BCUT2D eigenvalue weighted by Gasteiger charge is 2.14. The van der Waals surface area contributed by atoms with Gasteiger partial charge in [0.2, 0.25) is 0 Å². The summed E-state index contributed by atoms with van der Waals surface area (Å²) < 4.78 is 5.24. The largest absolute Gasteiger partial charge is 0.399 e. The van der Waals surface area contributed by atoms with Gasteiger partial charge in [-0.3, -0.25) is 4.79 Å². The van der Waals surface area contributed by atoms with Crippen LogP contribution in [0.4, 0.5) is 5.69 Å². The number of carbonyl (C=O) groups is 1. The van der Waals surface area contributed by atoms with Gasteiger partial charge in [-0.15, -0.1) is 0 Å². The van der Waals surface area contributed by atoms with Crippen LogP contribution in [0.1, 0.15) is 17.4 Å². The number of nitrogens with two attached hydrogens (primary N) is 1. The Bertz CT molecular complexity index is 577. The van der Waals surface area contributed by atoms with E-state index >= 15 is 0 Å². The van der Waals surface area contributed by atoms with Gasteiger partial charge in [-0.2, -0.15) is 0 Å². The molecule has 2 aromatic rings. The number of aromatic amines is 1. The first kappa shape index (κ1) is 13.4. The number of fused-ring (bicyclic) bond motifs is 1. The number of benzene rings is 1. The summed E-state index contributed by atoms with van der Waals surface area (Å²) in [6.07, 6.45) is 0. The van der Waals surface area contributed by atoms with Crippen LogP contribution < -0.4 is 5.73 Å². The van der Waals surface area contributed by atoms with Crippen LogP contribution in [-0.2, 0) is 4.74 Å². The van der Waals surface area contributed by atoms with Gasteiger partial charge in [0.15, 0.2) is 0 Å². The molecule has 0 aliphatic rings. The van der Waals surface area contributed by atoms with Crippen molar-refractivity contribution >= 4 is 22.5 Å². The number of ether oxygens (including phenoxy) is 1. The molecule has 0 saturated heterocycles. The molecule has 0 fully saturated rings. The van der Waals surface area contributed by atoms with Crippen molar-refractivity contribution in [2.24, 2.45) is 0 Å². The normalized spacial score (nSPS) is 10.8. The van der Waals surface area contributed by atoms with Crippen molar-refractivity contribution in [1.82, 2.24) is 9.88 Å². The smallest absolute Gasteiger partial charge is 0.270 e. The third kappa shape index (κ3) is 3.06. The van der Waals surface area contributed by atoms with Crippen molar-refractivity contribution in [3.63, 3.8) is 0 Å². The molecule has 0 bridgehead atoms. The standard InChI is InChI=1S/C14H19N3O2/c1-3-19-7-6-17(2)14(18)13-9-10-8-11(15)4-5-12(10)16-13/h4-5,8-9,16H,3,6-7,15H2,1-2H3. The van der Waals surface area contributed by atoms with Crippen LogP contribution in [0, 0.1) is 0 Å². The van der Waals surface area contributed by atoms with Gasteiger partial charge in [0, 0.05) is 36.8 Å². The van der Waals surface area contributed by atoms with E-state index in [1.807, 2.05) is 31.2 Å². The molecule has 0 saturated carbocycles. The second kappa shape index (κ2) is 5.75. The number of H-pyrrole nitrogens is 1. The molecule has 0 spiro atoms. The lowest BCUT2D eigenvalue weighted by Crippen LogP contribution is -2.30. The molecule has 1 amide bonds. The third-order valence-electron chi connectivity index (χ3n) is 3.00. The summed E-state index contributed by atoms with van der Waals surface area (Å²) in [6.45, 7) is 3.72. The number of likely N-dealkylation sites (N-methyl/N-ethyl adjacent to an activating group) is 1. The van der Waals surface area contributed by atoms with E-state index in [2.05, 4.69) is 4.98 Å². The second-order valence-corrected chi connectivity index (χ2v) is 4.45. The lowest BCUT2D eigenvalue weighted by Gasteiger charge is -2.15. The van der Waals surface area contributed by atoms with E-state index in [1.54, 1.807) is 11.9 Å². The van der Waals surface area contributed by atoms with Gasteiger partial charge in [0.05, 0.1) is 6.61 Å². The fraction of sp³-hybridized carbons (Fsp3) is 0.357. The first-order chi connectivity index (χ1) is 9.11. The fourth-order valence-electron chi connectivity index (χ4n) is 1.92. The number of anilines is 1. The Balaban J connectivity index is 2.12. The Morgan fingerprint density at radius 1 is 1.42 bits per heavy atom. The van der Waals surface area contributed by atoms with Crippen LogP contribution in [0.25, 0.3) is 10.9 Å². The predicted octanol–water partition coefficient (Wildman–Crippen LogP) is 1.86. The summed E-state index contributed by atoms with van der Waals surface area (Å²) in [6, 6.07) is 7.36. The molecular weight excluding hydrogens is 242 g/mol. The molecule has 19 heavy (non-hydrogen) atoms. The van der Waals surface area contributed by atoms with Crippen LogP contribution in [0.2, 0.25) is 0 Å². The van der Waals surface area contributed by atoms with E-state index in [0.717, 1.165) is 10.9 Å². The van der Waals surface area contributed by atoms with Crippen molar-refractivity contribution in [1.29, 1.82) is 0 Å². The maximum Gasteiger partial charge on any atom is 0.270 e. The number of hydrogen-bond donors (Lipinski definition) is 2. The van der Waals surface area contributed by atoms with Gasteiger partial charge >= 0.3 is 0 Å². The summed E-state index contributed by atoms with van der Waals surface area (Å²) in [4.78, 5) is 17.0. The molecule has 0 atom stereocenters. The Labute approximate surface area is 112 Å².